The van der Waals surface area contributed by atoms with E-state index in [-0.39, 0.29) is 5.41 Å². The van der Waals surface area contributed by atoms with Crippen molar-refractivity contribution in [3.8, 4) is 0 Å². The Morgan fingerprint density at radius 3 is 1.66 bits per heavy atom. The van der Waals surface area contributed by atoms with Crippen molar-refractivity contribution in [1.29, 1.82) is 0 Å². The molecule has 5 nitrogen and oxygen atoms in total. The molecule has 0 rings (SSSR count). The third-order valence-corrected chi connectivity index (χ3v) is 4.82. The Morgan fingerprint density at radius 2 is 1.21 bits per heavy atom. The highest BCUT2D eigenvalue weighted by Gasteiger charge is 2.19. The molecule has 1 atom stereocenters. The summed E-state index contributed by atoms with van der Waals surface area (Å²) in [4.78, 5) is 23.6. The molecular weight excluding hydrogens is 366 g/mol. The van der Waals surface area contributed by atoms with E-state index in [1.807, 2.05) is 20.8 Å². The lowest BCUT2D eigenvalue weighted by molar-refractivity contribution is -0.145. The zero-order chi connectivity index (χ0) is 22.0. The molecule has 0 radical (unpaired) electrons. The van der Waals surface area contributed by atoms with Crippen molar-refractivity contribution in [3.63, 3.8) is 0 Å². The summed E-state index contributed by atoms with van der Waals surface area (Å²) < 4.78 is 10.3. The third-order valence-electron chi connectivity index (χ3n) is 4.82. The van der Waals surface area contributed by atoms with Crippen molar-refractivity contribution in [2.24, 2.45) is 5.41 Å². The Balaban J connectivity index is 3.47. The normalized spacial score (nSPS) is 12.4. The number of carbonyl (C=O) groups excluding carboxylic acids is 2. The van der Waals surface area contributed by atoms with Gasteiger partial charge in [-0.05, 0) is 18.8 Å². The fraction of sp³-hybridized carbons (Fsp3) is 0.917. The van der Waals surface area contributed by atoms with E-state index in [9.17, 15) is 9.59 Å². The lowest BCUT2D eigenvalue weighted by Gasteiger charge is -2.19. The van der Waals surface area contributed by atoms with Gasteiger partial charge in [0.15, 0.2) is 0 Å². The van der Waals surface area contributed by atoms with Gasteiger partial charge in [0.2, 0.25) is 0 Å². The van der Waals surface area contributed by atoms with Crippen LogP contribution in [0.1, 0.15) is 118 Å². The molecule has 0 aliphatic rings. The van der Waals surface area contributed by atoms with Gasteiger partial charge in [0.25, 0.3) is 0 Å². The molecule has 0 aromatic carbocycles. The summed E-state index contributed by atoms with van der Waals surface area (Å²) in [5.74, 6) is -0.406. The van der Waals surface area contributed by atoms with Gasteiger partial charge in [0.1, 0.15) is 6.04 Å². The predicted octanol–water partition coefficient (Wildman–Crippen LogP) is 6.78. The molecule has 0 aromatic heterocycles. The van der Waals surface area contributed by atoms with E-state index in [2.05, 4.69) is 12.2 Å². The second kappa shape index (κ2) is 17.6. The van der Waals surface area contributed by atoms with Crippen LogP contribution >= 0.6 is 0 Å². The van der Waals surface area contributed by atoms with Gasteiger partial charge in [-0.3, -0.25) is 0 Å². The molecule has 0 saturated carbocycles. The molecule has 0 aliphatic heterocycles. The van der Waals surface area contributed by atoms with Gasteiger partial charge in [0.05, 0.1) is 13.2 Å². The van der Waals surface area contributed by atoms with Crippen LogP contribution in [-0.4, -0.2) is 31.3 Å². The van der Waals surface area contributed by atoms with Gasteiger partial charge in [-0.2, -0.15) is 0 Å². The first-order valence-electron chi connectivity index (χ1n) is 11.9. The van der Waals surface area contributed by atoms with Crippen molar-refractivity contribution in [2.75, 3.05) is 13.2 Å². The summed E-state index contributed by atoms with van der Waals surface area (Å²) >= 11 is 0. The summed E-state index contributed by atoms with van der Waals surface area (Å²) in [5, 5.41) is 2.52. The highest BCUT2D eigenvalue weighted by Crippen LogP contribution is 2.13. The number of nitrogens with one attached hydrogen (secondary N) is 1. The number of hydrogen-bond donors (Lipinski definition) is 1. The SMILES string of the molecule is CCCCCCCCCCCCCCCOC(=O)C(C)NC(=O)OCC(C)(C)C. The summed E-state index contributed by atoms with van der Waals surface area (Å²) in [7, 11) is 0. The fourth-order valence-corrected chi connectivity index (χ4v) is 2.98. The Hall–Kier alpha value is -1.26. The molecule has 0 aromatic rings. The largest absolute Gasteiger partial charge is 0.464 e. The van der Waals surface area contributed by atoms with Gasteiger partial charge in [-0.1, -0.05) is 105 Å². The maximum absolute atomic E-state index is 11.9. The molecule has 1 N–H and O–H groups in total. The summed E-state index contributed by atoms with van der Waals surface area (Å²) in [6, 6.07) is -0.690. The van der Waals surface area contributed by atoms with Crippen LogP contribution < -0.4 is 5.32 Å². The third kappa shape index (κ3) is 19.8. The molecule has 1 unspecified atom stereocenters. The second-order valence-electron chi connectivity index (χ2n) is 9.41. The monoisotopic (exact) mass is 413 g/mol. The average molecular weight is 414 g/mol. The fourth-order valence-electron chi connectivity index (χ4n) is 2.98. The highest BCUT2D eigenvalue weighted by molar-refractivity contribution is 5.80. The van der Waals surface area contributed by atoms with Gasteiger partial charge < -0.3 is 14.8 Å². The molecule has 172 valence electrons. The molecule has 29 heavy (non-hydrogen) atoms. The van der Waals surface area contributed by atoms with Crippen LogP contribution in [0.4, 0.5) is 4.79 Å². The molecule has 0 aliphatic carbocycles. The maximum atomic E-state index is 11.9. The van der Waals surface area contributed by atoms with Crippen LogP contribution in [0, 0.1) is 5.41 Å². The van der Waals surface area contributed by atoms with Crippen LogP contribution in [0.25, 0.3) is 0 Å². The lowest BCUT2D eigenvalue weighted by Crippen LogP contribution is -2.40. The summed E-state index contributed by atoms with van der Waals surface area (Å²) in [5.41, 5.74) is -0.102. The van der Waals surface area contributed by atoms with E-state index in [1.54, 1.807) is 6.92 Å². The van der Waals surface area contributed by atoms with E-state index in [1.165, 1.54) is 70.6 Å². The number of unbranched alkanes of at least 4 members (excludes halogenated alkanes) is 12. The van der Waals surface area contributed by atoms with E-state index < -0.39 is 18.1 Å². The zero-order valence-electron chi connectivity index (χ0n) is 19.8. The minimum Gasteiger partial charge on any atom is -0.464 e. The number of rotatable bonds is 17. The molecule has 0 saturated heterocycles. The topological polar surface area (TPSA) is 64.6 Å². The average Bonchev–Trinajstić information content (AvgIpc) is 2.65. The van der Waals surface area contributed by atoms with Gasteiger partial charge in [-0.15, -0.1) is 0 Å². The first-order valence-corrected chi connectivity index (χ1v) is 11.9. The quantitative estimate of drug-likeness (QED) is 0.211. The number of esters is 1. The highest BCUT2D eigenvalue weighted by atomic mass is 16.6. The molecule has 0 heterocycles. The molecular formula is C24H47NO4. The Morgan fingerprint density at radius 1 is 0.759 bits per heavy atom. The molecule has 0 spiro atoms. The Labute approximate surface area is 179 Å². The van der Waals surface area contributed by atoms with Crippen molar-refractivity contribution < 1.29 is 19.1 Å². The first kappa shape index (κ1) is 27.7. The van der Waals surface area contributed by atoms with Crippen molar-refractivity contribution in [1.82, 2.24) is 5.32 Å². The van der Waals surface area contributed by atoms with E-state index in [4.69, 9.17) is 9.47 Å². The number of amides is 1. The standard InChI is InChI=1S/C24H47NO4/c1-6-7-8-9-10-11-12-13-14-15-16-17-18-19-28-22(26)21(2)25-23(27)29-20-24(3,4)5/h21H,6-20H2,1-5H3,(H,25,27). The minimum absolute atomic E-state index is 0.102. The molecule has 5 heteroatoms. The van der Waals surface area contributed by atoms with E-state index >= 15 is 0 Å². The number of carbonyl (C=O) groups is 2. The zero-order valence-corrected chi connectivity index (χ0v) is 19.8. The predicted molar refractivity (Wildman–Crippen MR) is 120 cm³/mol. The van der Waals surface area contributed by atoms with Gasteiger partial charge in [0, 0.05) is 0 Å². The second-order valence-corrected chi connectivity index (χ2v) is 9.41. The first-order chi connectivity index (χ1) is 13.8. The van der Waals surface area contributed by atoms with Crippen LogP contribution in [0.2, 0.25) is 0 Å². The maximum Gasteiger partial charge on any atom is 0.407 e. The van der Waals surface area contributed by atoms with E-state index in [0.29, 0.717) is 13.2 Å². The summed E-state index contributed by atoms with van der Waals surface area (Å²) in [6.07, 6.45) is 16.2. The van der Waals surface area contributed by atoms with Crippen molar-refractivity contribution in [3.05, 3.63) is 0 Å². The summed E-state index contributed by atoms with van der Waals surface area (Å²) in [6.45, 7) is 10.5. The van der Waals surface area contributed by atoms with Crippen molar-refractivity contribution in [2.45, 2.75) is 124 Å². The van der Waals surface area contributed by atoms with Crippen LogP contribution in [0.15, 0.2) is 0 Å². The lowest BCUT2D eigenvalue weighted by atomic mass is 9.99. The smallest absolute Gasteiger partial charge is 0.407 e. The number of hydrogen-bond acceptors (Lipinski definition) is 4. The van der Waals surface area contributed by atoms with Crippen molar-refractivity contribution >= 4 is 12.1 Å². The Kier molecular flexibility index (Phi) is 16.8. The number of ether oxygens (including phenoxy) is 2. The Bertz CT molecular complexity index is 418. The number of alkyl carbamates (subject to hydrolysis) is 1. The van der Waals surface area contributed by atoms with Gasteiger partial charge in [-0.25, -0.2) is 9.59 Å². The van der Waals surface area contributed by atoms with E-state index in [0.717, 1.165) is 12.8 Å². The van der Waals surface area contributed by atoms with Crippen LogP contribution in [-0.2, 0) is 14.3 Å². The minimum atomic E-state index is -0.690. The van der Waals surface area contributed by atoms with Gasteiger partial charge >= 0.3 is 12.1 Å². The molecule has 1 amide bonds. The molecule has 0 bridgehead atoms. The van der Waals surface area contributed by atoms with Crippen LogP contribution in [0.3, 0.4) is 0 Å². The van der Waals surface area contributed by atoms with Crippen LogP contribution in [0.5, 0.6) is 0 Å². The molecule has 0 fully saturated rings.